The zero-order chi connectivity index (χ0) is 12.8. The summed E-state index contributed by atoms with van der Waals surface area (Å²) in [6.45, 7) is 1.37. The van der Waals surface area contributed by atoms with E-state index in [2.05, 4.69) is 5.32 Å². The number of carbonyl (C=O) groups excluding carboxylic acids is 1. The van der Waals surface area contributed by atoms with Gasteiger partial charge in [-0.05, 0) is 12.1 Å². The van der Waals surface area contributed by atoms with Crippen molar-refractivity contribution >= 4 is 23.3 Å². The number of esters is 1. The first-order chi connectivity index (χ1) is 8.02. The van der Waals surface area contributed by atoms with Crippen molar-refractivity contribution in [3.8, 4) is 5.75 Å². The molecule has 6 heteroatoms. The van der Waals surface area contributed by atoms with Crippen LogP contribution in [0.2, 0.25) is 0 Å². The van der Waals surface area contributed by atoms with Crippen LogP contribution in [0.4, 0.5) is 10.1 Å². The van der Waals surface area contributed by atoms with Crippen molar-refractivity contribution in [2.45, 2.75) is 13.0 Å². The Morgan fingerprint density at radius 1 is 1.65 bits per heavy atom. The van der Waals surface area contributed by atoms with Crippen molar-refractivity contribution in [3.63, 3.8) is 0 Å². The second-order valence-corrected chi connectivity index (χ2v) is 3.73. The van der Waals surface area contributed by atoms with E-state index in [-0.39, 0.29) is 23.9 Å². The van der Waals surface area contributed by atoms with E-state index in [4.69, 9.17) is 16.3 Å². The van der Waals surface area contributed by atoms with Gasteiger partial charge in [0.25, 0.3) is 0 Å². The summed E-state index contributed by atoms with van der Waals surface area (Å²) in [4.78, 5) is 10.7. The molecule has 94 valence electrons. The van der Waals surface area contributed by atoms with E-state index in [0.29, 0.717) is 0 Å². The third-order valence-electron chi connectivity index (χ3n) is 1.91. The first kappa shape index (κ1) is 13.7. The van der Waals surface area contributed by atoms with E-state index in [1.54, 1.807) is 0 Å². The van der Waals surface area contributed by atoms with E-state index < -0.39 is 17.9 Å². The summed E-state index contributed by atoms with van der Waals surface area (Å²) in [6, 6.07) is 3.87. The van der Waals surface area contributed by atoms with Crippen LogP contribution in [-0.4, -0.2) is 29.6 Å². The molecular formula is C11H13ClFNO3. The van der Waals surface area contributed by atoms with Crippen LogP contribution in [0.15, 0.2) is 18.2 Å². The first-order valence-electron chi connectivity index (χ1n) is 4.98. The quantitative estimate of drug-likeness (QED) is 0.482. The molecule has 4 nitrogen and oxygen atoms in total. The average molecular weight is 262 g/mol. The Morgan fingerprint density at radius 3 is 2.94 bits per heavy atom. The van der Waals surface area contributed by atoms with Crippen LogP contribution in [-0.2, 0) is 4.79 Å². The fourth-order valence-electron chi connectivity index (χ4n) is 1.15. The SMILES string of the molecule is CC(=O)Oc1ccc(F)c(NCC(O)CCl)c1. The number of carbonyl (C=O) groups is 1. The molecule has 0 saturated carbocycles. The van der Waals surface area contributed by atoms with Gasteiger partial charge >= 0.3 is 5.97 Å². The molecule has 0 radical (unpaired) electrons. The van der Waals surface area contributed by atoms with Crippen LogP contribution in [0.3, 0.4) is 0 Å². The number of halogens is 2. The van der Waals surface area contributed by atoms with E-state index in [1.165, 1.54) is 25.1 Å². The standard InChI is InChI=1S/C11H13ClFNO3/c1-7(15)17-9-2-3-10(13)11(4-9)14-6-8(16)5-12/h2-4,8,14,16H,5-6H2,1H3. The molecule has 0 aliphatic heterocycles. The second-order valence-electron chi connectivity index (χ2n) is 3.42. The van der Waals surface area contributed by atoms with Crippen molar-refractivity contribution in [2.24, 2.45) is 0 Å². The molecule has 1 aromatic carbocycles. The molecule has 0 aromatic heterocycles. The van der Waals surface area contributed by atoms with Crippen molar-refractivity contribution in [3.05, 3.63) is 24.0 Å². The zero-order valence-electron chi connectivity index (χ0n) is 9.24. The molecule has 1 rings (SSSR count). The smallest absolute Gasteiger partial charge is 0.308 e. The highest BCUT2D eigenvalue weighted by Gasteiger charge is 2.08. The van der Waals surface area contributed by atoms with Gasteiger partial charge in [-0.15, -0.1) is 11.6 Å². The van der Waals surface area contributed by atoms with Gasteiger partial charge in [-0.2, -0.15) is 0 Å². The van der Waals surface area contributed by atoms with E-state index in [1.807, 2.05) is 0 Å². The summed E-state index contributed by atoms with van der Waals surface area (Å²) in [7, 11) is 0. The minimum absolute atomic E-state index is 0.0538. The maximum Gasteiger partial charge on any atom is 0.308 e. The topological polar surface area (TPSA) is 58.6 Å². The summed E-state index contributed by atoms with van der Waals surface area (Å²) in [5.74, 6) is -0.689. The molecule has 1 atom stereocenters. The van der Waals surface area contributed by atoms with Gasteiger partial charge < -0.3 is 15.2 Å². The Bertz CT molecular complexity index is 400. The number of aliphatic hydroxyl groups is 1. The number of hydrogen-bond acceptors (Lipinski definition) is 4. The molecule has 0 heterocycles. The molecular weight excluding hydrogens is 249 g/mol. The predicted octanol–water partition coefficient (Wildman–Crippen LogP) is 1.76. The Hall–Kier alpha value is -1.33. The number of hydrogen-bond donors (Lipinski definition) is 2. The van der Waals surface area contributed by atoms with Crippen LogP contribution in [0, 0.1) is 5.82 Å². The summed E-state index contributed by atoms with van der Waals surface area (Å²) < 4.78 is 18.2. The summed E-state index contributed by atoms with van der Waals surface area (Å²) in [5, 5.41) is 11.9. The Labute approximate surface area is 103 Å². The maximum atomic E-state index is 13.3. The number of aliphatic hydroxyl groups excluding tert-OH is 1. The molecule has 0 aliphatic rings. The first-order valence-corrected chi connectivity index (χ1v) is 5.52. The van der Waals surface area contributed by atoms with Gasteiger partial charge in [-0.25, -0.2) is 4.39 Å². The van der Waals surface area contributed by atoms with Gasteiger partial charge in [-0.3, -0.25) is 4.79 Å². The monoisotopic (exact) mass is 261 g/mol. The van der Waals surface area contributed by atoms with Gasteiger partial charge in [0.15, 0.2) is 0 Å². The molecule has 0 saturated heterocycles. The van der Waals surface area contributed by atoms with Gasteiger partial charge in [0.2, 0.25) is 0 Å². The van der Waals surface area contributed by atoms with Crippen molar-refractivity contribution < 1.29 is 19.0 Å². The van der Waals surface area contributed by atoms with Crippen LogP contribution in [0.25, 0.3) is 0 Å². The molecule has 1 unspecified atom stereocenters. The van der Waals surface area contributed by atoms with Gasteiger partial charge in [0.1, 0.15) is 11.6 Å². The lowest BCUT2D eigenvalue weighted by molar-refractivity contribution is -0.131. The molecule has 0 aliphatic carbocycles. The molecule has 17 heavy (non-hydrogen) atoms. The largest absolute Gasteiger partial charge is 0.427 e. The van der Waals surface area contributed by atoms with E-state index in [9.17, 15) is 14.3 Å². The van der Waals surface area contributed by atoms with Crippen LogP contribution in [0.5, 0.6) is 5.75 Å². The van der Waals surface area contributed by atoms with E-state index >= 15 is 0 Å². The molecule has 1 aromatic rings. The number of anilines is 1. The number of benzene rings is 1. The minimum Gasteiger partial charge on any atom is -0.427 e. The van der Waals surface area contributed by atoms with Crippen molar-refractivity contribution in [2.75, 3.05) is 17.7 Å². The lowest BCUT2D eigenvalue weighted by Crippen LogP contribution is -2.21. The van der Waals surface area contributed by atoms with Crippen LogP contribution < -0.4 is 10.1 Å². The Balaban J connectivity index is 2.72. The fourth-order valence-corrected chi connectivity index (χ4v) is 1.26. The van der Waals surface area contributed by atoms with Gasteiger partial charge in [-0.1, -0.05) is 0 Å². The Kier molecular flexibility index (Phi) is 5.18. The normalized spacial score (nSPS) is 12.0. The molecule has 0 spiro atoms. The highest BCUT2D eigenvalue weighted by atomic mass is 35.5. The molecule has 2 N–H and O–H groups in total. The van der Waals surface area contributed by atoms with Crippen molar-refractivity contribution in [1.29, 1.82) is 0 Å². The Morgan fingerprint density at radius 2 is 2.35 bits per heavy atom. The fraction of sp³-hybridized carbons (Fsp3) is 0.364. The molecule has 0 amide bonds. The van der Waals surface area contributed by atoms with Crippen LogP contribution in [0.1, 0.15) is 6.92 Å². The highest BCUT2D eigenvalue weighted by molar-refractivity contribution is 6.18. The summed E-state index contributed by atoms with van der Waals surface area (Å²) >= 11 is 5.41. The third-order valence-corrected chi connectivity index (χ3v) is 2.26. The maximum absolute atomic E-state index is 13.3. The lowest BCUT2D eigenvalue weighted by atomic mass is 10.2. The lowest BCUT2D eigenvalue weighted by Gasteiger charge is -2.11. The predicted molar refractivity (Wildman–Crippen MR) is 62.9 cm³/mol. The third kappa shape index (κ3) is 4.58. The minimum atomic E-state index is -0.770. The number of nitrogens with one attached hydrogen (secondary N) is 1. The van der Waals surface area contributed by atoms with Crippen LogP contribution >= 0.6 is 11.6 Å². The zero-order valence-corrected chi connectivity index (χ0v) is 10.00. The second kappa shape index (κ2) is 6.42. The van der Waals surface area contributed by atoms with E-state index in [0.717, 1.165) is 0 Å². The van der Waals surface area contributed by atoms with Gasteiger partial charge in [0, 0.05) is 19.5 Å². The average Bonchev–Trinajstić information content (AvgIpc) is 2.28. The van der Waals surface area contributed by atoms with Crippen molar-refractivity contribution in [1.82, 2.24) is 0 Å². The van der Waals surface area contributed by atoms with Gasteiger partial charge in [0.05, 0.1) is 17.7 Å². The number of rotatable bonds is 5. The number of alkyl halides is 1. The molecule has 0 bridgehead atoms. The number of ether oxygens (including phenoxy) is 1. The summed E-state index contributed by atoms with van der Waals surface area (Å²) in [6.07, 6.45) is -0.770. The highest BCUT2D eigenvalue weighted by Crippen LogP contribution is 2.21. The summed E-state index contributed by atoms with van der Waals surface area (Å²) in [5.41, 5.74) is 0.146. The molecule has 0 fully saturated rings.